The van der Waals surface area contributed by atoms with E-state index in [0.717, 1.165) is 44.4 Å². The number of thioether (sulfide) groups is 1. The summed E-state index contributed by atoms with van der Waals surface area (Å²) in [5, 5.41) is 0.841. The maximum atomic E-state index is 4.35. The van der Waals surface area contributed by atoms with Gasteiger partial charge in [-0.05, 0) is 11.8 Å². The molecule has 126 valence electrons. The van der Waals surface area contributed by atoms with Crippen LogP contribution in [0, 0.1) is 0 Å². The molecule has 0 saturated carbocycles. The van der Waals surface area contributed by atoms with Crippen LogP contribution >= 0.6 is 11.8 Å². The highest BCUT2D eigenvalue weighted by molar-refractivity contribution is 7.98. The fourth-order valence-corrected chi connectivity index (χ4v) is 3.14. The van der Waals surface area contributed by atoms with Crippen LogP contribution in [0.4, 0.5) is 0 Å². The number of hydrogen-bond donors (Lipinski definition) is 0. The number of aromatic nitrogens is 2. The summed E-state index contributed by atoms with van der Waals surface area (Å²) in [6.07, 6.45) is 10.4. The van der Waals surface area contributed by atoms with Crippen molar-refractivity contribution < 1.29 is 0 Å². The second-order valence-electron chi connectivity index (χ2n) is 5.97. The standard InChI is InChI=1S/C19H24N4S/c1-24-19-20-14-18(15-21-19)16-23-12-10-22(11-13-23)9-5-8-17-6-3-2-4-7-17/h2-8,14-15H,9-13,16H2,1H3. The van der Waals surface area contributed by atoms with Gasteiger partial charge in [0.25, 0.3) is 0 Å². The van der Waals surface area contributed by atoms with E-state index in [-0.39, 0.29) is 0 Å². The van der Waals surface area contributed by atoms with Gasteiger partial charge >= 0.3 is 0 Å². The van der Waals surface area contributed by atoms with Gasteiger partial charge in [0, 0.05) is 57.2 Å². The van der Waals surface area contributed by atoms with Gasteiger partial charge in [-0.25, -0.2) is 9.97 Å². The Labute approximate surface area is 148 Å². The smallest absolute Gasteiger partial charge is 0.187 e. The van der Waals surface area contributed by atoms with E-state index in [0.29, 0.717) is 0 Å². The summed E-state index contributed by atoms with van der Waals surface area (Å²) in [6, 6.07) is 10.5. The molecule has 2 aromatic rings. The quantitative estimate of drug-likeness (QED) is 0.596. The van der Waals surface area contributed by atoms with Gasteiger partial charge in [0.05, 0.1) is 0 Å². The molecule has 1 aromatic carbocycles. The van der Waals surface area contributed by atoms with E-state index in [4.69, 9.17) is 0 Å². The van der Waals surface area contributed by atoms with Crippen LogP contribution in [0.15, 0.2) is 54.0 Å². The third kappa shape index (κ3) is 5.16. The molecule has 3 rings (SSSR count). The summed E-state index contributed by atoms with van der Waals surface area (Å²) in [7, 11) is 0. The Kier molecular flexibility index (Phi) is 6.41. The first-order chi connectivity index (χ1) is 11.8. The first-order valence-corrected chi connectivity index (χ1v) is 9.57. The molecule has 1 aliphatic rings. The van der Waals surface area contributed by atoms with Crippen molar-refractivity contribution >= 4 is 17.8 Å². The first kappa shape index (κ1) is 17.1. The predicted molar refractivity (Wildman–Crippen MR) is 101 cm³/mol. The zero-order valence-electron chi connectivity index (χ0n) is 14.1. The highest BCUT2D eigenvalue weighted by Gasteiger charge is 2.16. The average Bonchev–Trinajstić information content (AvgIpc) is 2.65. The summed E-state index contributed by atoms with van der Waals surface area (Å²) >= 11 is 1.58. The van der Waals surface area contributed by atoms with Crippen LogP contribution < -0.4 is 0 Å². The minimum Gasteiger partial charge on any atom is -0.297 e. The maximum Gasteiger partial charge on any atom is 0.187 e. The van der Waals surface area contributed by atoms with Gasteiger partial charge in [-0.2, -0.15) is 0 Å². The van der Waals surface area contributed by atoms with Gasteiger partial charge in [0.1, 0.15) is 0 Å². The van der Waals surface area contributed by atoms with E-state index >= 15 is 0 Å². The van der Waals surface area contributed by atoms with Crippen LogP contribution in [0.1, 0.15) is 11.1 Å². The molecule has 4 nitrogen and oxygen atoms in total. The SMILES string of the molecule is CSc1ncc(CN2CCN(CC=Cc3ccccc3)CC2)cn1. The molecule has 0 unspecified atom stereocenters. The molecular formula is C19H24N4S. The number of piperazine rings is 1. The van der Waals surface area contributed by atoms with Crippen molar-refractivity contribution in [3.05, 3.63) is 59.9 Å². The van der Waals surface area contributed by atoms with Gasteiger partial charge in [0.2, 0.25) is 0 Å². The highest BCUT2D eigenvalue weighted by atomic mass is 32.2. The molecule has 0 spiro atoms. The average molecular weight is 340 g/mol. The summed E-state index contributed by atoms with van der Waals surface area (Å²) in [5.74, 6) is 0. The topological polar surface area (TPSA) is 32.3 Å². The third-order valence-corrected chi connectivity index (χ3v) is 4.78. The van der Waals surface area contributed by atoms with Crippen molar-refractivity contribution in [2.75, 3.05) is 39.0 Å². The largest absolute Gasteiger partial charge is 0.297 e. The zero-order valence-corrected chi connectivity index (χ0v) is 15.0. The number of nitrogens with zero attached hydrogens (tertiary/aromatic N) is 4. The normalized spacial score (nSPS) is 16.7. The third-order valence-electron chi connectivity index (χ3n) is 4.21. The summed E-state index contributed by atoms with van der Waals surface area (Å²) in [4.78, 5) is 13.7. The van der Waals surface area contributed by atoms with Crippen LogP contribution in [-0.2, 0) is 6.54 Å². The van der Waals surface area contributed by atoms with Crippen LogP contribution in [0.5, 0.6) is 0 Å². The lowest BCUT2D eigenvalue weighted by Crippen LogP contribution is -2.45. The van der Waals surface area contributed by atoms with Gasteiger partial charge in [0.15, 0.2) is 5.16 Å². The van der Waals surface area contributed by atoms with Gasteiger partial charge in [-0.15, -0.1) is 0 Å². The molecule has 0 atom stereocenters. The molecule has 5 heteroatoms. The summed E-state index contributed by atoms with van der Waals surface area (Å²) < 4.78 is 0. The second kappa shape index (κ2) is 8.97. The zero-order chi connectivity index (χ0) is 16.6. The monoisotopic (exact) mass is 340 g/mol. The minimum absolute atomic E-state index is 0.841. The Morgan fingerprint density at radius 2 is 1.67 bits per heavy atom. The highest BCUT2D eigenvalue weighted by Crippen LogP contribution is 2.11. The van der Waals surface area contributed by atoms with Crippen molar-refractivity contribution in [1.29, 1.82) is 0 Å². The molecule has 2 heterocycles. The van der Waals surface area contributed by atoms with E-state index in [2.05, 4.69) is 62.3 Å². The maximum absolute atomic E-state index is 4.35. The fraction of sp³-hybridized carbons (Fsp3) is 0.368. The molecule has 0 bridgehead atoms. The Morgan fingerprint density at radius 3 is 2.33 bits per heavy atom. The second-order valence-corrected chi connectivity index (χ2v) is 6.74. The van der Waals surface area contributed by atoms with Crippen LogP contribution in [-0.4, -0.2) is 58.7 Å². The number of rotatable bonds is 6. The minimum atomic E-state index is 0.841. The lowest BCUT2D eigenvalue weighted by atomic mass is 10.2. The molecule has 1 aliphatic heterocycles. The van der Waals surface area contributed by atoms with E-state index in [1.807, 2.05) is 18.6 Å². The van der Waals surface area contributed by atoms with Gasteiger partial charge in [-0.3, -0.25) is 9.80 Å². The van der Waals surface area contributed by atoms with Crippen molar-refractivity contribution in [2.24, 2.45) is 0 Å². The Morgan fingerprint density at radius 1 is 1.00 bits per heavy atom. The predicted octanol–water partition coefficient (Wildman–Crippen LogP) is 3.03. The van der Waals surface area contributed by atoms with Crippen LogP contribution in [0.25, 0.3) is 6.08 Å². The molecule has 24 heavy (non-hydrogen) atoms. The molecule has 0 amide bonds. The lowest BCUT2D eigenvalue weighted by Gasteiger charge is -2.34. The Hall–Kier alpha value is -1.69. The van der Waals surface area contributed by atoms with Crippen LogP contribution in [0.2, 0.25) is 0 Å². The molecule has 1 aromatic heterocycles. The Bertz CT molecular complexity index is 634. The van der Waals surface area contributed by atoms with Gasteiger partial charge < -0.3 is 0 Å². The van der Waals surface area contributed by atoms with Crippen molar-refractivity contribution in [3.63, 3.8) is 0 Å². The Balaban J connectivity index is 1.41. The van der Waals surface area contributed by atoms with E-state index in [1.54, 1.807) is 11.8 Å². The van der Waals surface area contributed by atoms with Gasteiger partial charge in [-0.1, -0.05) is 54.2 Å². The van der Waals surface area contributed by atoms with Crippen molar-refractivity contribution in [1.82, 2.24) is 19.8 Å². The number of benzene rings is 1. The molecule has 1 saturated heterocycles. The lowest BCUT2D eigenvalue weighted by molar-refractivity contribution is 0.137. The van der Waals surface area contributed by atoms with Crippen molar-refractivity contribution in [2.45, 2.75) is 11.7 Å². The van der Waals surface area contributed by atoms with Crippen LogP contribution in [0.3, 0.4) is 0 Å². The summed E-state index contributed by atoms with van der Waals surface area (Å²) in [5.41, 5.74) is 2.47. The first-order valence-electron chi connectivity index (χ1n) is 8.35. The summed E-state index contributed by atoms with van der Waals surface area (Å²) in [6.45, 7) is 6.40. The molecule has 1 fully saturated rings. The molecule has 0 aliphatic carbocycles. The van der Waals surface area contributed by atoms with E-state index < -0.39 is 0 Å². The molecular weight excluding hydrogens is 316 g/mol. The van der Waals surface area contributed by atoms with Crippen molar-refractivity contribution in [3.8, 4) is 0 Å². The fourth-order valence-electron chi connectivity index (χ4n) is 2.82. The van der Waals surface area contributed by atoms with E-state index in [1.165, 1.54) is 11.1 Å². The molecule has 0 N–H and O–H groups in total. The number of hydrogen-bond acceptors (Lipinski definition) is 5. The van der Waals surface area contributed by atoms with E-state index in [9.17, 15) is 0 Å². The molecule has 0 radical (unpaired) electrons.